The van der Waals surface area contributed by atoms with E-state index in [4.69, 9.17) is 9.72 Å². The van der Waals surface area contributed by atoms with E-state index in [1.54, 1.807) is 0 Å². The largest absolute Gasteiger partial charge is 0.484 e. The zero-order valence-corrected chi connectivity index (χ0v) is 19.6. The van der Waals surface area contributed by atoms with Crippen molar-refractivity contribution >= 4 is 28.3 Å². The van der Waals surface area contributed by atoms with Crippen molar-refractivity contribution in [3.63, 3.8) is 0 Å². The molecular formula is C24H30N6O4. The quantitative estimate of drug-likeness (QED) is 0.381. The molecule has 10 heteroatoms. The topological polar surface area (TPSA) is 106 Å². The average molecular weight is 467 g/mol. The van der Waals surface area contributed by atoms with Crippen LogP contribution in [0.4, 0.5) is 11.4 Å². The van der Waals surface area contributed by atoms with E-state index in [0.717, 1.165) is 62.7 Å². The number of likely N-dealkylation sites (N-methyl/N-ethyl adjacent to an activating group) is 1. The highest BCUT2D eigenvalue weighted by Gasteiger charge is 2.19. The van der Waals surface area contributed by atoms with Crippen molar-refractivity contribution in [2.75, 3.05) is 44.6 Å². The number of nitrogens with one attached hydrogen (secondary N) is 1. The first kappa shape index (κ1) is 23.7. The number of aryl methyl sites for hydroxylation is 1. The molecule has 3 aromatic rings. The summed E-state index contributed by atoms with van der Waals surface area (Å²) in [6.45, 7) is 11.1. The van der Waals surface area contributed by atoms with E-state index in [1.807, 2.05) is 18.2 Å². The molecule has 0 bridgehead atoms. The number of carbonyl (C=O) groups excluding carboxylic acids is 1. The number of carbonyl (C=O) groups is 1. The van der Waals surface area contributed by atoms with Crippen LogP contribution in [0.5, 0.6) is 5.75 Å². The zero-order valence-electron chi connectivity index (χ0n) is 19.6. The number of benzene rings is 2. The number of imidazole rings is 1. The lowest BCUT2D eigenvalue weighted by atomic mass is 10.2. The molecule has 1 saturated heterocycles. The Labute approximate surface area is 198 Å². The van der Waals surface area contributed by atoms with Gasteiger partial charge in [0.25, 0.3) is 11.6 Å². The monoisotopic (exact) mass is 466 g/mol. The van der Waals surface area contributed by atoms with Gasteiger partial charge in [0.05, 0.1) is 22.5 Å². The third-order valence-corrected chi connectivity index (χ3v) is 6.12. The first-order valence-electron chi connectivity index (χ1n) is 11.6. The number of aromatic nitrogens is 2. The maximum absolute atomic E-state index is 12.4. The molecule has 1 amide bonds. The fraction of sp³-hybridized carbons (Fsp3) is 0.417. The third kappa shape index (κ3) is 5.52. The molecule has 0 atom stereocenters. The van der Waals surface area contributed by atoms with Crippen LogP contribution in [0, 0.1) is 10.1 Å². The molecule has 1 fully saturated rings. The minimum atomic E-state index is -0.482. The van der Waals surface area contributed by atoms with E-state index < -0.39 is 4.92 Å². The van der Waals surface area contributed by atoms with Crippen LogP contribution in [0.2, 0.25) is 0 Å². The third-order valence-electron chi connectivity index (χ3n) is 6.12. The van der Waals surface area contributed by atoms with E-state index in [0.29, 0.717) is 11.4 Å². The summed E-state index contributed by atoms with van der Waals surface area (Å²) in [5.41, 5.74) is 2.51. The van der Waals surface area contributed by atoms with Gasteiger partial charge in [0.15, 0.2) is 6.61 Å². The molecule has 0 saturated carbocycles. The summed E-state index contributed by atoms with van der Waals surface area (Å²) in [4.78, 5) is 32.4. The van der Waals surface area contributed by atoms with Gasteiger partial charge in [-0.05, 0) is 43.8 Å². The van der Waals surface area contributed by atoms with Crippen LogP contribution >= 0.6 is 0 Å². The van der Waals surface area contributed by atoms with Crippen molar-refractivity contribution in [1.82, 2.24) is 19.4 Å². The van der Waals surface area contributed by atoms with Crippen LogP contribution in [0.1, 0.15) is 19.7 Å². The Hall–Kier alpha value is -3.50. The van der Waals surface area contributed by atoms with Crippen molar-refractivity contribution in [2.24, 2.45) is 0 Å². The molecule has 10 nitrogen and oxygen atoms in total. The predicted octanol–water partition coefficient (Wildman–Crippen LogP) is 3.12. The van der Waals surface area contributed by atoms with Crippen molar-refractivity contribution in [3.8, 4) is 5.75 Å². The molecular weight excluding hydrogens is 436 g/mol. The molecule has 0 radical (unpaired) electrons. The second-order valence-electron chi connectivity index (χ2n) is 8.27. The Kier molecular flexibility index (Phi) is 7.39. The van der Waals surface area contributed by atoms with Crippen molar-refractivity contribution < 1.29 is 14.5 Å². The van der Waals surface area contributed by atoms with Crippen LogP contribution in [0.3, 0.4) is 0 Å². The Morgan fingerprint density at radius 1 is 1.06 bits per heavy atom. The first-order valence-corrected chi connectivity index (χ1v) is 11.6. The molecule has 1 aliphatic rings. The number of nitro benzene ring substituents is 1. The lowest BCUT2D eigenvalue weighted by molar-refractivity contribution is -0.384. The molecule has 1 aromatic heterocycles. The SMILES string of the molecule is CCN1CCN(Cc2nc3cc(NC(=O)COc4ccc([N+](=O)[O-])cc4)ccc3n2CC)CC1. The Bertz CT molecular complexity index is 1150. The fourth-order valence-electron chi connectivity index (χ4n) is 4.20. The van der Waals surface area contributed by atoms with E-state index in [2.05, 4.69) is 33.5 Å². The van der Waals surface area contributed by atoms with E-state index in [-0.39, 0.29) is 18.2 Å². The van der Waals surface area contributed by atoms with Gasteiger partial charge < -0.3 is 19.5 Å². The van der Waals surface area contributed by atoms with Crippen molar-refractivity contribution in [2.45, 2.75) is 26.9 Å². The van der Waals surface area contributed by atoms with Gasteiger partial charge in [-0.1, -0.05) is 6.92 Å². The summed E-state index contributed by atoms with van der Waals surface area (Å²) in [6.07, 6.45) is 0. The Balaban J connectivity index is 1.38. The number of ether oxygens (including phenoxy) is 1. The van der Waals surface area contributed by atoms with Crippen LogP contribution < -0.4 is 10.1 Å². The second kappa shape index (κ2) is 10.6. The number of hydrogen-bond acceptors (Lipinski definition) is 7. The number of amides is 1. The Morgan fingerprint density at radius 2 is 1.76 bits per heavy atom. The lowest BCUT2D eigenvalue weighted by Crippen LogP contribution is -2.45. The molecule has 0 spiro atoms. The van der Waals surface area contributed by atoms with Gasteiger partial charge in [-0.2, -0.15) is 0 Å². The van der Waals surface area contributed by atoms with Crippen LogP contribution in [-0.2, 0) is 17.9 Å². The van der Waals surface area contributed by atoms with Crippen LogP contribution in [0.15, 0.2) is 42.5 Å². The number of anilines is 1. The van der Waals surface area contributed by atoms with E-state index in [1.165, 1.54) is 24.3 Å². The molecule has 34 heavy (non-hydrogen) atoms. The number of non-ortho nitro benzene ring substituents is 1. The fourth-order valence-corrected chi connectivity index (χ4v) is 4.20. The highest BCUT2D eigenvalue weighted by Crippen LogP contribution is 2.22. The predicted molar refractivity (Wildman–Crippen MR) is 130 cm³/mol. The van der Waals surface area contributed by atoms with Gasteiger partial charge in [0.1, 0.15) is 11.6 Å². The summed E-state index contributed by atoms with van der Waals surface area (Å²) in [7, 11) is 0. The minimum Gasteiger partial charge on any atom is -0.484 e. The Morgan fingerprint density at radius 3 is 2.41 bits per heavy atom. The number of piperazine rings is 1. The molecule has 1 aliphatic heterocycles. The summed E-state index contributed by atoms with van der Waals surface area (Å²) in [5.74, 6) is 1.11. The minimum absolute atomic E-state index is 0.0285. The molecule has 2 aromatic carbocycles. The van der Waals surface area contributed by atoms with Crippen molar-refractivity contribution in [3.05, 3.63) is 58.4 Å². The summed E-state index contributed by atoms with van der Waals surface area (Å²) in [6, 6.07) is 11.3. The second-order valence-corrected chi connectivity index (χ2v) is 8.27. The number of rotatable bonds is 9. The van der Waals surface area contributed by atoms with Crippen molar-refractivity contribution in [1.29, 1.82) is 0 Å². The van der Waals surface area contributed by atoms with Gasteiger partial charge in [-0.3, -0.25) is 19.8 Å². The molecule has 1 N–H and O–H groups in total. The highest BCUT2D eigenvalue weighted by atomic mass is 16.6. The molecule has 4 rings (SSSR count). The summed E-state index contributed by atoms with van der Waals surface area (Å²) in [5, 5.41) is 13.6. The van der Waals surface area contributed by atoms with Gasteiger partial charge in [-0.25, -0.2) is 4.98 Å². The van der Waals surface area contributed by atoms with Gasteiger partial charge in [-0.15, -0.1) is 0 Å². The first-order chi connectivity index (χ1) is 16.5. The lowest BCUT2D eigenvalue weighted by Gasteiger charge is -2.33. The molecule has 180 valence electrons. The average Bonchev–Trinajstić information content (AvgIpc) is 3.19. The number of hydrogen-bond donors (Lipinski definition) is 1. The molecule has 0 unspecified atom stereocenters. The van der Waals surface area contributed by atoms with Gasteiger partial charge in [0.2, 0.25) is 0 Å². The smallest absolute Gasteiger partial charge is 0.269 e. The van der Waals surface area contributed by atoms with Crippen LogP contribution in [-0.4, -0.2) is 69.5 Å². The number of fused-ring (bicyclic) bond motifs is 1. The van der Waals surface area contributed by atoms with Gasteiger partial charge in [0, 0.05) is 50.5 Å². The van der Waals surface area contributed by atoms with E-state index >= 15 is 0 Å². The maximum Gasteiger partial charge on any atom is 0.269 e. The van der Waals surface area contributed by atoms with Gasteiger partial charge >= 0.3 is 0 Å². The normalized spacial score (nSPS) is 14.9. The maximum atomic E-state index is 12.4. The summed E-state index contributed by atoms with van der Waals surface area (Å²) < 4.78 is 7.67. The zero-order chi connectivity index (χ0) is 24.1. The molecule has 0 aliphatic carbocycles. The highest BCUT2D eigenvalue weighted by molar-refractivity contribution is 5.94. The molecule has 2 heterocycles. The number of nitro groups is 1. The number of nitrogens with zero attached hydrogens (tertiary/aromatic N) is 5. The van der Waals surface area contributed by atoms with E-state index in [9.17, 15) is 14.9 Å². The van der Waals surface area contributed by atoms with Crippen LogP contribution in [0.25, 0.3) is 11.0 Å². The standard InChI is InChI=1S/C24H30N6O4/c1-3-27-11-13-28(14-12-27)16-23-26-21-15-18(5-10-22(21)29(23)4-2)25-24(31)17-34-20-8-6-19(7-9-20)30(32)33/h5-10,15H,3-4,11-14,16-17H2,1-2H3,(H,25,31). The summed E-state index contributed by atoms with van der Waals surface area (Å²) >= 11 is 0.